The van der Waals surface area contributed by atoms with Crippen LogP contribution in [-0.4, -0.2) is 39.3 Å². The van der Waals surface area contributed by atoms with Gasteiger partial charge < -0.3 is 19.5 Å². The zero-order valence-electron chi connectivity index (χ0n) is 16.8. The van der Waals surface area contributed by atoms with Crippen molar-refractivity contribution >= 4 is 28.1 Å². The number of pyridine rings is 1. The number of aromatic hydroxyl groups is 1. The van der Waals surface area contributed by atoms with Crippen LogP contribution < -0.4 is 4.74 Å². The molecule has 29 heavy (non-hydrogen) atoms. The number of carbonyl (C=O) groups excluding carboxylic acids is 1. The van der Waals surface area contributed by atoms with E-state index < -0.39 is 5.60 Å². The second-order valence-electron chi connectivity index (χ2n) is 7.91. The smallest absolute Gasteiger partial charge is 0.410 e. The molecule has 0 aliphatic carbocycles. The van der Waals surface area contributed by atoms with Crippen molar-refractivity contribution < 1.29 is 19.4 Å². The van der Waals surface area contributed by atoms with E-state index in [1.807, 2.05) is 32.9 Å². The molecule has 0 radical (unpaired) electrons. The monoisotopic (exact) mass is 460 g/mol. The van der Waals surface area contributed by atoms with Gasteiger partial charge in [0.15, 0.2) is 0 Å². The molecule has 0 spiro atoms. The van der Waals surface area contributed by atoms with Crippen LogP contribution >= 0.6 is 15.9 Å². The highest BCUT2D eigenvalue weighted by Gasteiger charge is 2.33. The molecular weight excluding hydrogens is 436 g/mol. The Morgan fingerprint density at radius 3 is 2.66 bits per heavy atom. The minimum absolute atomic E-state index is 0.0634. The summed E-state index contributed by atoms with van der Waals surface area (Å²) in [6.45, 7) is 6.27. The number of nitrogens with zero attached hydrogens (tertiary/aromatic N) is 2. The Labute approximate surface area is 179 Å². The number of hydrogen-bond donors (Lipinski definition) is 1. The molecule has 1 aliphatic heterocycles. The zero-order valence-corrected chi connectivity index (χ0v) is 18.3. The number of phenolic OH excluding ortho intramolecular Hbond substituents is 1. The molecule has 1 fully saturated rings. The first-order chi connectivity index (χ1) is 13.7. The number of phenols is 1. The molecule has 1 amide bonds. The minimum Gasteiger partial charge on any atom is -0.508 e. The predicted molar refractivity (Wildman–Crippen MR) is 115 cm³/mol. The lowest BCUT2D eigenvalue weighted by atomic mass is 10.1. The van der Waals surface area contributed by atoms with Crippen molar-refractivity contribution in [1.82, 2.24) is 9.88 Å². The number of likely N-dealkylation sites (tertiary alicyclic amines) is 1. The fourth-order valence-corrected chi connectivity index (χ4v) is 3.81. The summed E-state index contributed by atoms with van der Waals surface area (Å²) in [6.07, 6.45) is 6.80. The van der Waals surface area contributed by atoms with Crippen LogP contribution in [0.4, 0.5) is 4.79 Å². The van der Waals surface area contributed by atoms with E-state index in [9.17, 15) is 9.90 Å². The van der Waals surface area contributed by atoms with E-state index in [2.05, 4.69) is 20.9 Å². The average Bonchev–Trinajstić information content (AvgIpc) is 3.13. The van der Waals surface area contributed by atoms with Gasteiger partial charge in [0.2, 0.25) is 0 Å². The van der Waals surface area contributed by atoms with Crippen LogP contribution in [0.15, 0.2) is 47.2 Å². The number of amides is 1. The van der Waals surface area contributed by atoms with Crippen molar-refractivity contribution in [3.05, 3.63) is 52.8 Å². The number of carbonyl (C=O) groups is 1. The second kappa shape index (κ2) is 8.86. The molecule has 7 heteroatoms. The molecule has 0 saturated carbocycles. The highest BCUT2D eigenvalue weighted by Crippen LogP contribution is 2.31. The van der Waals surface area contributed by atoms with E-state index in [1.54, 1.807) is 41.6 Å². The summed E-state index contributed by atoms with van der Waals surface area (Å²) in [5, 5.41) is 9.37. The maximum atomic E-state index is 12.5. The lowest BCUT2D eigenvalue weighted by Crippen LogP contribution is -2.39. The van der Waals surface area contributed by atoms with Crippen LogP contribution in [0.25, 0.3) is 6.08 Å². The lowest BCUT2D eigenvalue weighted by molar-refractivity contribution is 0.0254. The van der Waals surface area contributed by atoms with Gasteiger partial charge in [0, 0.05) is 17.2 Å². The van der Waals surface area contributed by atoms with Crippen molar-refractivity contribution in [3.8, 4) is 17.2 Å². The van der Waals surface area contributed by atoms with Gasteiger partial charge in [0.05, 0.1) is 12.2 Å². The Balaban J connectivity index is 1.73. The quantitative estimate of drug-likeness (QED) is 0.631. The Morgan fingerprint density at radius 2 is 1.97 bits per heavy atom. The first kappa shape index (κ1) is 21.2. The van der Waals surface area contributed by atoms with Crippen molar-refractivity contribution in [2.24, 2.45) is 0 Å². The zero-order chi connectivity index (χ0) is 21.0. The summed E-state index contributed by atoms with van der Waals surface area (Å²) in [4.78, 5) is 18.5. The van der Waals surface area contributed by atoms with Crippen molar-refractivity contribution in [1.29, 1.82) is 0 Å². The van der Waals surface area contributed by atoms with Gasteiger partial charge in [-0.3, -0.25) is 4.98 Å². The number of benzene rings is 1. The van der Waals surface area contributed by atoms with Gasteiger partial charge in [0.25, 0.3) is 0 Å². The van der Waals surface area contributed by atoms with Gasteiger partial charge >= 0.3 is 6.09 Å². The summed E-state index contributed by atoms with van der Waals surface area (Å²) < 4.78 is 12.2. The predicted octanol–water partition coefficient (Wildman–Crippen LogP) is 5.71. The van der Waals surface area contributed by atoms with Crippen LogP contribution in [0.3, 0.4) is 0 Å². The van der Waals surface area contributed by atoms with Crippen molar-refractivity contribution in [2.75, 3.05) is 6.54 Å². The van der Waals surface area contributed by atoms with Crippen LogP contribution in [0.5, 0.6) is 17.2 Å². The Hall–Kier alpha value is -2.54. The molecule has 1 atom stereocenters. The third-order valence-corrected chi connectivity index (χ3v) is 5.07. The fourth-order valence-electron chi connectivity index (χ4n) is 3.07. The number of hydrogen-bond acceptors (Lipinski definition) is 5. The maximum absolute atomic E-state index is 12.5. The van der Waals surface area contributed by atoms with Crippen LogP contribution in [0.1, 0.15) is 39.2 Å². The van der Waals surface area contributed by atoms with E-state index in [0.717, 1.165) is 22.9 Å². The van der Waals surface area contributed by atoms with Crippen LogP contribution in [-0.2, 0) is 4.74 Å². The molecule has 0 unspecified atom stereocenters. The number of aromatic nitrogens is 1. The van der Waals surface area contributed by atoms with Gasteiger partial charge in [0.1, 0.15) is 22.8 Å². The topological polar surface area (TPSA) is 71.9 Å². The molecule has 2 aromatic rings. The molecule has 6 nitrogen and oxygen atoms in total. The molecule has 1 aliphatic rings. The summed E-state index contributed by atoms with van der Waals surface area (Å²) >= 11 is 3.64. The van der Waals surface area contributed by atoms with Crippen LogP contribution in [0.2, 0.25) is 0 Å². The first-order valence-electron chi connectivity index (χ1n) is 9.50. The minimum atomic E-state index is -0.524. The SMILES string of the molecule is CC(C)(C)OC(=O)N1CCC[C@H]1C(Br)=Cc1cncc(Oc2ccc(O)cc2)c1. The highest BCUT2D eigenvalue weighted by atomic mass is 79.9. The summed E-state index contributed by atoms with van der Waals surface area (Å²) in [5.41, 5.74) is 0.328. The van der Waals surface area contributed by atoms with Gasteiger partial charge in [-0.1, -0.05) is 15.9 Å². The molecule has 2 heterocycles. The maximum Gasteiger partial charge on any atom is 0.410 e. The van der Waals surface area contributed by atoms with Crippen LogP contribution in [0, 0.1) is 0 Å². The van der Waals surface area contributed by atoms with E-state index in [-0.39, 0.29) is 17.9 Å². The standard InChI is InChI=1S/C22H25BrN2O4/c1-22(2,3)29-21(27)25-10-4-5-20(25)19(23)12-15-11-18(14-24-13-15)28-17-8-6-16(26)7-9-17/h6-9,11-14,20,26H,4-5,10H2,1-3H3/t20-/m0/s1. The summed E-state index contributed by atoms with van der Waals surface area (Å²) in [5.74, 6) is 1.37. The van der Waals surface area contributed by atoms with E-state index >= 15 is 0 Å². The average molecular weight is 461 g/mol. The first-order valence-corrected chi connectivity index (χ1v) is 10.3. The molecule has 1 aromatic carbocycles. The molecule has 0 bridgehead atoms. The summed E-state index contributed by atoms with van der Waals surface area (Å²) in [7, 11) is 0. The van der Waals surface area contributed by atoms with Gasteiger partial charge in [-0.05, 0) is 75.6 Å². The Bertz CT molecular complexity index is 890. The Morgan fingerprint density at radius 1 is 1.24 bits per heavy atom. The van der Waals surface area contributed by atoms with E-state index in [1.165, 1.54) is 0 Å². The largest absolute Gasteiger partial charge is 0.508 e. The van der Waals surface area contributed by atoms with E-state index in [0.29, 0.717) is 18.0 Å². The second-order valence-corrected chi connectivity index (χ2v) is 8.83. The molecule has 1 aromatic heterocycles. The highest BCUT2D eigenvalue weighted by molar-refractivity contribution is 9.11. The van der Waals surface area contributed by atoms with Crippen molar-refractivity contribution in [2.45, 2.75) is 45.3 Å². The number of halogens is 1. The number of rotatable bonds is 4. The van der Waals surface area contributed by atoms with Gasteiger partial charge in [-0.15, -0.1) is 0 Å². The van der Waals surface area contributed by atoms with E-state index in [4.69, 9.17) is 9.47 Å². The fraction of sp³-hybridized carbons (Fsp3) is 0.364. The third kappa shape index (κ3) is 5.97. The van der Waals surface area contributed by atoms with Gasteiger partial charge in [-0.2, -0.15) is 0 Å². The van der Waals surface area contributed by atoms with Crippen molar-refractivity contribution in [3.63, 3.8) is 0 Å². The molecule has 1 saturated heterocycles. The Kier molecular flexibility index (Phi) is 6.47. The number of ether oxygens (including phenoxy) is 2. The molecular formula is C22H25BrN2O4. The molecule has 154 valence electrons. The summed E-state index contributed by atoms with van der Waals surface area (Å²) in [6, 6.07) is 8.30. The van der Waals surface area contributed by atoms with Gasteiger partial charge in [-0.25, -0.2) is 4.79 Å². The normalized spacial score (nSPS) is 17.3. The molecule has 3 rings (SSSR count). The third-order valence-electron chi connectivity index (χ3n) is 4.31. The lowest BCUT2D eigenvalue weighted by Gasteiger charge is -2.28. The molecule has 1 N–H and O–H groups in total.